The number of nitrogens with two attached hydrogens (primary N) is 1. The Morgan fingerprint density at radius 3 is 2.59 bits per heavy atom. The van der Waals surface area contributed by atoms with Crippen molar-refractivity contribution in [2.24, 2.45) is 11.8 Å². The highest BCUT2D eigenvalue weighted by Gasteiger charge is 2.25. The van der Waals surface area contributed by atoms with Gasteiger partial charge in [0, 0.05) is 22.2 Å². The van der Waals surface area contributed by atoms with Crippen LogP contribution in [0.1, 0.15) is 24.4 Å². The predicted molar refractivity (Wildman–Crippen MR) is 75.4 cm³/mol. The van der Waals surface area contributed by atoms with Crippen LogP contribution in [0.25, 0.3) is 0 Å². The van der Waals surface area contributed by atoms with E-state index in [1.807, 2.05) is 6.07 Å². The van der Waals surface area contributed by atoms with Crippen LogP contribution in [-0.2, 0) is 4.74 Å². The molecule has 0 spiro atoms. The van der Waals surface area contributed by atoms with Gasteiger partial charge in [-0.3, -0.25) is 11.3 Å². The first-order valence-corrected chi connectivity index (χ1v) is 7.30. The summed E-state index contributed by atoms with van der Waals surface area (Å²) in [7, 11) is 0. The number of rotatable bonds is 3. The van der Waals surface area contributed by atoms with Crippen molar-refractivity contribution in [3.63, 3.8) is 0 Å². The molecule has 1 aromatic carbocycles. The number of hydrazine groups is 1. The Morgan fingerprint density at radius 2 is 2.00 bits per heavy atom. The zero-order valence-electron chi connectivity index (χ0n) is 9.46. The molecule has 1 atom stereocenters. The van der Waals surface area contributed by atoms with E-state index in [-0.39, 0.29) is 6.04 Å². The zero-order valence-corrected chi connectivity index (χ0v) is 12.6. The molecule has 2 rings (SSSR count). The first-order valence-electron chi connectivity index (χ1n) is 5.71. The van der Waals surface area contributed by atoms with Gasteiger partial charge in [-0.15, -0.1) is 0 Å². The third-order valence-electron chi connectivity index (χ3n) is 3.21. The van der Waals surface area contributed by atoms with Crippen molar-refractivity contribution in [3.8, 4) is 0 Å². The van der Waals surface area contributed by atoms with E-state index < -0.39 is 0 Å². The molecule has 0 amide bonds. The van der Waals surface area contributed by atoms with E-state index in [0.717, 1.165) is 35.0 Å². The average molecular weight is 364 g/mol. The summed E-state index contributed by atoms with van der Waals surface area (Å²) in [5, 5.41) is 0. The molecule has 1 aromatic rings. The summed E-state index contributed by atoms with van der Waals surface area (Å²) in [6.07, 6.45) is 2.11. The number of nitrogens with one attached hydrogen (secondary N) is 1. The Bertz CT molecular complexity index is 381. The van der Waals surface area contributed by atoms with Crippen LogP contribution >= 0.6 is 31.9 Å². The minimum Gasteiger partial charge on any atom is -0.381 e. The van der Waals surface area contributed by atoms with E-state index in [4.69, 9.17) is 10.6 Å². The van der Waals surface area contributed by atoms with E-state index in [2.05, 4.69) is 49.4 Å². The van der Waals surface area contributed by atoms with Crippen molar-refractivity contribution in [2.75, 3.05) is 13.2 Å². The Kier molecular flexibility index (Phi) is 4.99. The quantitative estimate of drug-likeness (QED) is 0.640. The highest BCUT2D eigenvalue weighted by molar-refractivity contribution is 9.11. The van der Waals surface area contributed by atoms with E-state index >= 15 is 0 Å². The summed E-state index contributed by atoms with van der Waals surface area (Å²) in [4.78, 5) is 0. The van der Waals surface area contributed by atoms with Crippen LogP contribution in [0.15, 0.2) is 27.1 Å². The molecule has 0 aliphatic carbocycles. The number of ether oxygens (including phenoxy) is 1. The maximum Gasteiger partial charge on any atom is 0.0501 e. The lowest BCUT2D eigenvalue weighted by atomic mass is 9.87. The predicted octanol–water partition coefficient (Wildman–Crippen LogP) is 3.14. The molecule has 0 saturated carbocycles. The van der Waals surface area contributed by atoms with Gasteiger partial charge in [-0.05, 0) is 36.5 Å². The fourth-order valence-electron chi connectivity index (χ4n) is 2.28. The molecule has 0 radical (unpaired) electrons. The van der Waals surface area contributed by atoms with Gasteiger partial charge in [0.25, 0.3) is 0 Å². The molecule has 3 N–H and O–H groups in total. The van der Waals surface area contributed by atoms with Gasteiger partial charge >= 0.3 is 0 Å². The molecule has 1 saturated heterocycles. The van der Waals surface area contributed by atoms with Gasteiger partial charge in [0.2, 0.25) is 0 Å². The molecule has 5 heteroatoms. The molecule has 1 heterocycles. The summed E-state index contributed by atoms with van der Waals surface area (Å²) >= 11 is 7.06. The Morgan fingerprint density at radius 1 is 1.29 bits per heavy atom. The molecule has 94 valence electrons. The highest BCUT2D eigenvalue weighted by atomic mass is 79.9. The van der Waals surface area contributed by atoms with Crippen molar-refractivity contribution in [1.29, 1.82) is 0 Å². The summed E-state index contributed by atoms with van der Waals surface area (Å²) < 4.78 is 7.54. The second-order valence-corrected chi connectivity index (χ2v) is 6.03. The van der Waals surface area contributed by atoms with E-state index in [0.29, 0.717) is 5.92 Å². The molecule has 0 bridgehead atoms. The molecule has 1 fully saturated rings. The third-order valence-corrected chi connectivity index (χ3v) is 4.39. The third kappa shape index (κ3) is 3.29. The van der Waals surface area contributed by atoms with Gasteiger partial charge < -0.3 is 4.74 Å². The van der Waals surface area contributed by atoms with Crippen molar-refractivity contribution in [3.05, 3.63) is 32.7 Å². The monoisotopic (exact) mass is 362 g/mol. The average Bonchev–Trinajstić information content (AvgIpc) is 2.34. The molecular formula is C12H16Br2N2O. The number of hydrogen-bond acceptors (Lipinski definition) is 3. The highest BCUT2D eigenvalue weighted by Crippen LogP contribution is 2.34. The van der Waals surface area contributed by atoms with Crippen LogP contribution in [0.2, 0.25) is 0 Å². The van der Waals surface area contributed by atoms with Crippen LogP contribution in [0, 0.1) is 5.92 Å². The van der Waals surface area contributed by atoms with Gasteiger partial charge in [0.05, 0.1) is 6.04 Å². The fraction of sp³-hybridized carbons (Fsp3) is 0.500. The summed E-state index contributed by atoms with van der Waals surface area (Å²) in [5.41, 5.74) is 4.16. The van der Waals surface area contributed by atoms with Crippen LogP contribution in [0.5, 0.6) is 0 Å². The van der Waals surface area contributed by atoms with Crippen molar-refractivity contribution in [2.45, 2.75) is 18.9 Å². The minimum atomic E-state index is 0.182. The zero-order chi connectivity index (χ0) is 12.3. The van der Waals surface area contributed by atoms with Crippen LogP contribution in [0.3, 0.4) is 0 Å². The molecule has 1 aliphatic heterocycles. The van der Waals surface area contributed by atoms with E-state index in [1.54, 1.807) is 0 Å². The number of halogens is 2. The Hall–Kier alpha value is 0.0600. The number of hydrogen-bond donors (Lipinski definition) is 2. The fourth-order valence-corrected chi connectivity index (χ4v) is 3.58. The van der Waals surface area contributed by atoms with Crippen LogP contribution in [-0.4, -0.2) is 13.2 Å². The van der Waals surface area contributed by atoms with Crippen molar-refractivity contribution >= 4 is 31.9 Å². The van der Waals surface area contributed by atoms with Gasteiger partial charge in [-0.1, -0.05) is 37.9 Å². The summed E-state index contributed by atoms with van der Waals surface area (Å²) in [6, 6.07) is 6.39. The van der Waals surface area contributed by atoms with Gasteiger partial charge in [-0.25, -0.2) is 0 Å². The first kappa shape index (κ1) is 13.5. The molecular weight excluding hydrogens is 348 g/mol. The molecule has 0 aromatic heterocycles. The van der Waals surface area contributed by atoms with Crippen molar-refractivity contribution < 1.29 is 4.74 Å². The van der Waals surface area contributed by atoms with Gasteiger partial charge in [-0.2, -0.15) is 0 Å². The summed E-state index contributed by atoms with van der Waals surface area (Å²) in [5.74, 6) is 6.25. The Balaban J connectivity index is 2.21. The van der Waals surface area contributed by atoms with E-state index in [1.165, 1.54) is 5.56 Å². The van der Waals surface area contributed by atoms with Crippen LogP contribution < -0.4 is 11.3 Å². The lowest BCUT2D eigenvalue weighted by Gasteiger charge is -2.30. The Labute approximate surface area is 118 Å². The van der Waals surface area contributed by atoms with E-state index in [9.17, 15) is 0 Å². The van der Waals surface area contributed by atoms with Crippen LogP contribution in [0.4, 0.5) is 0 Å². The lowest BCUT2D eigenvalue weighted by Crippen LogP contribution is -2.36. The second-order valence-electron chi connectivity index (χ2n) is 4.26. The second kappa shape index (κ2) is 6.29. The normalized spacial score (nSPS) is 19.2. The first-order chi connectivity index (χ1) is 8.22. The minimum absolute atomic E-state index is 0.182. The molecule has 3 nitrogen and oxygen atoms in total. The maximum absolute atomic E-state index is 5.72. The molecule has 17 heavy (non-hydrogen) atoms. The maximum atomic E-state index is 5.72. The van der Waals surface area contributed by atoms with Crippen molar-refractivity contribution in [1.82, 2.24) is 5.43 Å². The standard InChI is InChI=1S/C12H16Br2N2O/c13-9-1-2-10(11(14)7-9)12(16-15)8-3-5-17-6-4-8/h1-2,7-8,12,16H,3-6,15H2. The molecule has 1 unspecified atom stereocenters. The largest absolute Gasteiger partial charge is 0.381 e. The topological polar surface area (TPSA) is 47.3 Å². The van der Waals surface area contributed by atoms with Gasteiger partial charge in [0.15, 0.2) is 0 Å². The SMILES string of the molecule is NNC(c1ccc(Br)cc1Br)C1CCOCC1. The molecule has 1 aliphatic rings. The smallest absolute Gasteiger partial charge is 0.0501 e. The lowest BCUT2D eigenvalue weighted by molar-refractivity contribution is 0.0535. The van der Waals surface area contributed by atoms with Gasteiger partial charge in [0.1, 0.15) is 0 Å². The summed E-state index contributed by atoms with van der Waals surface area (Å²) in [6.45, 7) is 1.66. The number of benzene rings is 1.